The van der Waals surface area contributed by atoms with Crippen LogP contribution in [0.3, 0.4) is 0 Å². The Hall–Kier alpha value is -2.96. The lowest BCUT2D eigenvalue weighted by molar-refractivity contribution is -0.129. The molecule has 2 rings (SSSR count). The minimum Gasteiger partial charge on any atom is -0.338 e. The van der Waals surface area contributed by atoms with E-state index in [1.54, 1.807) is 36.2 Å². The predicted octanol–water partition coefficient (Wildman–Crippen LogP) is 1.44. The van der Waals surface area contributed by atoms with Gasteiger partial charge in [0, 0.05) is 12.7 Å². The van der Waals surface area contributed by atoms with Crippen LogP contribution in [0.5, 0.6) is 0 Å². The molecular weight excluding hydrogens is 294 g/mol. The van der Waals surface area contributed by atoms with Crippen LogP contribution in [0.2, 0.25) is 0 Å². The predicted molar refractivity (Wildman–Crippen MR) is 86.6 cm³/mol. The second kappa shape index (κ2) is 7.35. The van der Waals surface area contributed by atoms with Gasteiger partial charge in [-0.3, -0.25) is 14.7 Å². The Balaban J connectivity index is 1.91. The lowest BCUT2D eigenvalue weighted by atomic mass is 10.1. The highest BCUT2D eigenvalue weighted by atomic mass is 16.2. The number of rotatable bonds is 6. The number of likely N-dealkylation sites (N-methyl/N-ethyl adjacent to an activating group) is 1. The standard InChI is InChI=1S/C16H19N5O2/c1-4-15(22)18-13-7-5-12(6-8-13)9-16(23)21(3)10-14-17-11(2)19-20-14/h4-8H,1,9-10H2,2-3H3,(H,18,22)(H,17,19,20). The Bertz CT molecular complexity index is 706. The van der Waals surface area contributed by atoms with Gasteiger partial charge >= 0.3 is 0 Å². The SMILES string of the molecule is C=CC(=O)Nc1ccc(CC(=O)N(C)Cc2n[nH]c(C)n2)cc1. The second-order valence-corrected chi connectivity index (χ2v) is 5.15. The minimum absolute atomic E-state index is 0.0321. The molecule has 0 bridgehead atoms. The fraction of sp³-hybridized carbons (Fsp3) is 0.250. The number of aromatic amines is 1. The molecule has 1 heterocycles. The van der Waals surface area contributed by atoms with Crippen LogP contribution in [-0.2, 0) is 22.6 Å². The summed E-state index contributed by atoms with van der Waals surface area (Å²) in [6.45, 7) is 5.56. The zero-order valence-electron chi connectivity index (χ0n) is 13.2. The average Bonchev–Trinajstić information content (AvgIpc) is 2.94. The van der Waals surface area contributed by atoms with Crippen molar-refractivity contribution in [3.63, 3.8) is 0 Å². The molecule has 1 aromatic carbocycles. The molecule has 120 valence electrons. The van der Waals surface area contributed by atoms with Gasteiger partial charge in [-0.25, -0.2) is 4.98 Å². The maximum atomic E-state index is 12.2. The van der Waals surface area contributed by atoms with Gasteiger partial charge < -0.3 is 10.2 Å². The van der Waals surface area contributed by atoms with Crippen molar-refractivity contribution in [2.45, 2.75) is 19.9 Å². The summed E-state index contributed by atoms with van der Waals surface area (Å²) in [5.74, 6) is 1.00. The summed E-state index contributed by atoms with van der Waals surface area (Å²) in [6.07, 6.45) is 1.48. The molecule has 0 aliphatic rings. The largest absolute Gasteiger partial charge is 0.338 e. The Morgan fingerprint density at radius 3 is 2.61 bits per heavy atom. The van der Waals surface area contributed by atoms with Crippen molar-refractivity contribution in [1.29, 1.82) is 0 Å². The van der Waals surface area contributed by atoms with Crippen LogP contribution < -0.4 is 5.32 Å². The fourth-order valence-electron chi connectivity index (χ4n) is 1.97. The molecule has 0 aliphatic carbocycles. The molecule has 0 saturated heterocycles. The van der Waals surface area contributed by atoms with Crippen LogP contribution in [0.25, 0.3) is 0 Å². The molecule has 2 N–H and O–H groups in total. The molecule has 0 atom stereocenters. The van der Waals surface area contributed by atoms with E-state index in [9.17, 15) is 9.59 Å². The third kappa shape index (κ3) is 4.77. The van der Waals surface area contributed by atoms with E-state index in [1.807, 2.05) is 6.92 Å². The van der Waals surface area contributed by atoms with Gasteiger partial charge in [0.15, 0.2) is 5.82 Å². The van der Waals surface area contributed by atoms with E-state index in [1.165, 1.54) is 6.08 Å². The zero-order valence-corrected chi connectivity index (χ0v) is 13.2. The average molecular weight is 313 g/mol. The number of nitrogens with one attached hydrogen (secondary N) is 2. The number of H-pyrrole nitrogens is 1. The summed E-state index contributed by atoms with van der Waals surface area (Å²) in [7, 11) is 1.71. The van der Waals surface area contributed by atoms with E-state index in [4.69, 9.17) is 0 Å². The normalized spacial score (nSPS) is 10.2. The lowest BCUT2D eigenvalue weighted by Gasteiger charge is -2.15. The van der Waals surface area contributed by atoms with Crippen molar-refractivity contribution in [2.75, 3.05) is 12.4 Å². The van der Waals surface area contributed by atoms with Gasteiger partial charge in [-0.1, -0.05) is 18.7 Å². The third-order valence-corrected chi connectivity index (χ3v) is 3.21. The van der Waals surface area contributed by atoms with E-state index < -0.39 is 0 Å². The van der Waals surface area contributed by atoms with E-state index in [0.717, 1.165) is 11.4 Å². The number of amides is 2. The molecule has 7 heteroatoms. The van der Waals surface area contributed by atoms with Crippen LogP contribution in [0.1, 0.15) is 17.2 Å². The van der Waals surface area contributed by atoms with Crippen molar-refractivity contribution in [1.82, 2.24) is 20.1 Å². The number of aromatic nitrogens is 3. The van der Waals surface area contributed by atoms with E-state index in [2.05, 4.69) is 27.1 Å². The summed E-state index contributed by atoms with van der Waals surface area (Å²) in [5.41, 5.74) is 1.53. The number of hydrogen-bond acceptors (Lipinski definition) is 4. The molecule has 0 unspecified atom stereocenters. The van der Waals surface area contributed by atoms with E-state index in [0.29, 0.717) is 18.1 Å². The van der Waals surface area contributed by atoms with Crippen molar-refractivity contribution in [3.05, 3.63) is 54.1 Å². The van der Waals surface area contributed by atoms with Gasteiger partial charge in [0.25, 0.3) is 0 Å². The molecular formula is C16H19N5O2. The molecule has 0 saturated carbocycles. The van der Waals surface area contributed by atoms with Crippen LogP contribution in [0.4, 0.5) is 5.69 Å². The first-order valence-electron chi connectivity index (χ1n) is 7.12. The van der Waals surface area contributed by atoms with Gasteiger partial charge in [-0.05, 0) is 30.7 Å². The lowest BCUT2D eigenvalue weighted by Crippen LogP contribution is -2.28. The van der Waals surface area contributed by atoms with Crippen molar-refractivity contribution in [2.24, 2.45) is 0 Å². The van der Waals surface area contributed by atoms with Crippen LogP contribution >= 0.6 is 0 Å². The van der Waals surface area contributed by atoms with Crippen molar-refractivity contribution < 1.29 is 9.59 Å². The summed E-state index contributed by atoms with van der Waals surface area (Å²) in [6, 6.07) is 7.12. The van der Waals surface area contributed by atoms with Crippen LogP contribution in [0.15, 0.2) is 36.9 Å². The number of carbonyl (C=O) groups excluding carboxylic acids is 2. The number of nitrogens with zero attached hydrogens (tertiary/aromatic N) is 3. The quantitative estimate of drug-likeness (QED) is 0.789. The fourth-order valence-corrected chi connectivity index (χ4v) is 1.97. The first kappa shape index (κ1) is 16.4. The number of aryl methyl sites for hydroxylation is 1. The monoisotopic (exact) mass is 313 g/mol. The van der Waals surface area contributed by atoms with Crippen molar-refractivity contribution in [3.8, 4) is 0 Å². The molecule has 0 spiro atoms. The maximum absolute atomic E-state index is 12.2. The molecule has 1 aromatic heterocycles. The molecule has 2 aromatic rings. The summed E-state index contributed by atoms with van der Waals surface area (Å²) >= 11 is 0. The highest BCUT2D eigenvalue weighted by Gasteiger charge is 2.12. The highest BCUT2D eigenvalue weighted by Crippen LogP contribution is 2.11. The minimum atomic E-state index is -0.268. The van der Waals surface area contributed by atoms with Gasteiger partial charge in [0.2, 0.25) is 11.8 Å². The van der Waals surface area contributed by atoms with Gasteiger partial charge in [-0.15, -0.1) is 0 Å². The van der Waals surface area contributed by atoms with Gasteiger partial charge in [-0.2, -0.15) is 5.10 Å². The van der Waals surface area contributed by atoms with E-state index in [-0.39, 0.29) is 18.2 Å². The van der Waals surface area contributed by atoms with Gasteiger partial charge in [0.1, 0.15) is 5.82 Å². The molecule has 2 amide bonds. The Labute approximate surface area is 134 Å². The number of carbonyl (C=O) groups is 2. The first-order valence-corrected chi connectivity index (χ1v) is 7.12. The Kier molecular flexibility index (Phi) is 5.24. The van der Waals surface area contributed by atoms with E-state index >= 15 is 0 Å². The second-order valence-electron chi connectivity index (χ2n) is 5.15. The molecule has 0 aliphatic heterocycles. The maximum Gasteiger partial charge on any atom is 0.247 e. The Morgan fingerprint density at radius 2 is 2.04 bits per heavy atom. The third-order valence-electron chi connectivity index (χ3n) is 3.21. The Morgan fingerprint density at radius 1 is 1.35 bits per heavy atom. The first-order chi connectivity index (χ1) is 11.0. The smallest absolute Gasteiger partial charge is 0.247 e. The molecule has 7 nitrogen and oxygen atoms in total. The number of hydrogen-bond donors (Lipinski definition) is 2. The summed E-state index contributed by atoms with van der Waals surface area (Å²) in [4.78, 5) is 29.2. The van der Waals surface area contributed by atoms with Crippen LogP contribution in [0, 0.1) is 6.92 Å². The zero-order chi connectivity index (χ0) is 16.8. The summed E-state index contributed by atoms with van der Waals surface area (Å²) in [5, 5.41) is 9.42. The van der Waals surface area contributed by atoms with Gasteiger partial charge in [0.05, 0.1) is 13.0 Å². The molecule has 23 heavy (non-hydrogen) atoms. The highest BCUT2D eigenvalue weighted by molar-refractivity contribution is 5.98. The van der Waals surface area contributed by atoms with Crippen LogP contribution in [-0.4, -0.2) is 38.9 Å². The number of anilines is 1. The summed E-state index contributed by atoms with van der Waals surface area (Å²) < 4.78 is 0. The topological polar surface area (TPSA) is 91.0 Å². The molecule has 0 radical (unpaired) electrons. The number of benzene rings is 1. The van der Waals surface area contributed by atoms with Crippen molar-refractivity contribution >= 4 is 17.5 Å². The molecule has 0 fully saturated rings.